The Hall–Kier alpha value is -3.64. The molecule has 0 aliphatic heterocycles. The van der Waals surface area contributed by atoms with Gasteiger partial charge in [-0.05, 0) is 24.1 Å². The van der Waals surface area contributed by atoms with Crippen LogP contribution in [0.1, 0.15) is 18.1 Å². The first-order chi connectivity index (χ1) is 21.3. The number of quaternary nitrogens is 2. The fourth-order valence-corrected chi connectivity index (χ4v) is 7.89. The van der Waals surface area contributed by atoms with Gasteiger partial charge in [0, 0.05) is 11.5 Å². The highest BCUT2D eigenvalue weighted by molar-refractivity contribution is 7.92. The molecule has 0 aliphatic carbocycles. The van der Waals surface area contributed by atoms with Crippen LogP contribution in [0, 0.1) is 28.8 Å². The molecule has 0 bridgehead atoms. The SMILES string of the molecule is CCc1c(S(=O)(=O)NCP(=O)([O-])Oc2ccc(C#N)c(F)c2)sc2c(F)c(OCC[NH3+])c(OCC[NH3+])c(F)c12.O=C([O-])C(F)(F)F. The van der Waals surface area contributed by atoms with Crippen LogP contribution in [0.2, 0.25) is 0 Å². The van der Waals surface area contributed by atoms with Gasteiger partial charge >= 0.3 is 6.18 Å². The Labute approximate surface area is 260 Å². The van der Waals surface area contributed by atoms with Crippen molar-refractivity contribution in [2.75, 3.05) is 32.6 Å². The fraction of sp³-hybridized carbons (Fsp3) is 0.333. The number of carboxylic acids is 1. The van der Waals surface area contributed by atoms with Crippen molar-refractivity contribution < 1.29 is 79.6 Å². The maximum atomic E-state index is 15.6. The first-order valence-corrected chi connectivity index (χ1v) is 16.6. The third kappa shape index (κ3) is 9.45. The van der Waals surface area contributed by atoms with Gasteiger partial charge < -0.3 is 40.3 Å². The summed E-state index contributed by atoms with van der Waals surface area (Å²) in [6, 6.07) is 4.24. The number of carbonyl (C=O) groups is 1. The van der Waals surface area contributed by atoms with Crippen LogP contribution in [0.15, 0.2) is 22.4 Å². The number of hydrogen-bond donors (Lipinski definition) is 3. The van der Waals surface area contributed by atoms with E-state index in [1.54, 1.807) is 6.07 Å². The molecule has 0 saturated heterocycles. The quantitative estimate of drug-likeness (QED) is 0.160. The Morgan fingerprint density at radius 3 is 2.11 bits per heavy atom. The number of halogens is 6. The second-order valence-electron chi connectivity index (χ2n) is 8.66. The number of nitriles is 1. The van der Waals surface area contributed by atoms with Gasteiger partial charge in [-0.15, -0.1) is 11.3 Å². The van der Waals surface area contributed by atoms with Gasteiger partial charge in [0.1, 0.15) is 54.1 Å². The van der Waals surface area contributed by atoms with Crippen molar-refractivity contribution in [1.29, 1.82) is 5.26 Å². The summed E-state index contributed by atoms with van der Waals surface area (Å²) in [5.74, 6) is -7.66. The van der Waals surface area contributed by atoms with E-state index in [1.807, 2.05) is 4.72 Å². The normalized spacial score (nSPS) is 12.9. The first kappa shape index (κ1) is 38.5. The Morgan fingerprint density at radius 1 is 1.11 bits per heavy atom. The lowest BCUT2D eigenvalue weighted by atomic mass is 10.1. The standard InChI is InChI=1S/C22H24F3N4O7PS2.C2HF3O2/c1-2-14-16-17(24)19(34-7-5-26)20(35-8-6-27)18(25)21(16)38-22(14)39(32,33)29-11-37(30,31)36-13-4-3-12(10-28)15(23)9-13;3-2(4,5)1(6)7/h3-4,9,29H,2,5-8,11,26-27H2,1H3,(H,30,31);(H,6,7). The number of nitrogens with zero attached hydrogens (tertiary/aromatic N) is 1. The molecule has 0 spiro atoms. The van der Waals surface area contributed by atoms with Gasteiger partial charge in [0.25, 0.3) is 10.0 Å². The molecule has 22 heteroatoms. The van der Waals surface area contributed by atoms with Crippen molar-refractivity contribution in [3.63, 3.8) is 0 Å². The third-order valence-corrected chi connectivity index (χ3v) is 9.79. The summed E-state index contributed by atoms with van der Waals surface area (Å²) in [5, 5.41) is 17.2. The molecular weight excluding hydrogens is 697 g/mol. The zero-order valence-corrected chi connectivity index (χ0v) is 26.1. The molecule has 1 aromatic heterocycles. The number of fused-ring (bicyclic) bond motifs is 1. The van der Waals surface area contributed by atoms with Gasteiger partial charge in [0.05, 0.1) is 16.5 Å². The van der Waals surface area contributed by atoms with E-state index in [4.69, 9.17) is 29.2 Å². The number of aryl methyl sites for hydroxylation is 1. The summed E-state index contributed by atoms with van der Waals surface area (Å²) >= 11 is 0.395. The third-order valence-electron chi connectivity index (χ3n) is 5.36. The van der Waals surface area contributed by atoms with Gasteiger partial charge in [-0.2, -0.15) is 18.4 Å². The average Bonchev–Trinajstić information content (AvgIpc) is 3.38. The van der Waals surface area contributed by atoms with Crippen LogP contribution in [0.3, 0.4) is 0 Å². The number of sulfonamides is 1. The van der Waals surface area contributed by atoms with E-state index in [1.165, 1.54) is 6.92 Å². The van der Waals surface area contributed by atoms with Gasteiger partial charge in [0.15, 0.2) is 19.2 Å². The van der Waals surface area contributed by atoms with E-state index < -0.39 is 75.0 Å². The molecule has 0 radical (unpaired) electrons. The molecule has 46 heavy (non-hydrogen) atoms. The van der Waals surface area contributed by atoms with Crippen LogP contribution in [0.5, 0.6) is 17.2 Å². The minimum atomic E-state index is -5.19. The lowest BCUT2D eigenvalue weighted by Gasteiger charge is -2.24. The number of carbonyl (C=O) groups excluding carboxylic acids is 1. The predicted octanol–water partition coefficient (Wildman–Crippen LogP) is 0.161. The largest absolute Gasteiger partial charge is 0.768 e. The van der Waals surface area contributed by atoms with E-state index in [0.717, 1.165) is 12.1 Å². The minimum Gasteiger partial charge on any atom is -0.768 e. The molecule has 0 amide bonds. The number of ether oxygens (including phenoxy) is 2. The van der Waals surface area contributed by atoms with Crippen LogP contribution < -0.4 is 40.2 Å². The number of thiophene rings is 1. The zero-order valence-electron chi connectivity index (χ0n) is 23.5. The average molecular weight is 723 g/mol. The van der Waals surface area contributed by atoms with Crippen molar-refractivity contribution >= 4 is 45.0 Å². The maximum absolute atomic E-state index is 15.6. The summed E-state index contributed by atoms with van der Waals surface area (Å²) in [6.07, 6.45) is -6.51. The van der Waals surface area contributed by atoms with Crippen LogP contribution in [-0.4, -0.2) is 53.2 Å². The Morgan fingerprint density at radius 2 is 1.65 bits per heavy atom. The van der Waals surface area contributed by atoms with Gasteiger partial charge in [-0.25, -0.2) is 26.3 Å². The topological polar surface area (TPSA) is 233 Å². The van der Waals surface area contributed by atoms with Gasteiger partial charge in [0.2, 0.25) is 11.5 Å². The number of rotatable bonds is 13. The van der Waals surface area contributed by atoms with E-state index in [2.05, 4.69) is 11.5 Å². The monoisotopic (exact) mass is 722 g/mol. The molecule has 0 fully saturated rings. The van der Waals surface area contributed by atoms with Crippen LogP contribution >= 0.6 is 18.9 Å². The minimum absolute atomic E-state index is 0.0590. The van der Waals surface area contributed by atoms with Gasteiger partial charge in [-0.3, -0.25) is 4.57 Å². The first-order valence-electron chi connectivity index (χ1n) is 12.6. The number of benzene rings is 2. The second-order valence-corrected chi connectivity index (χ2v) is 13.4. The summed E-state index contributed by atoms with van der Waals surface area (Å²) in [4.78, 5) is 21.2. The van der Waals surface area contributed by atoms with E-state index in [-0.39, 0.29) is 53.9 Å². The second kappa shape index (κ2) is 15.8. The molecular formula is C24H25F6N4O9PS2. The Balaban J connectivity index is 0.000000942. The van der Waals surface area contributed by atoms with Crippen molar-refractivity contribution in [2.24, 2.45) is 0 Å². The van der Waals surface area contributed by atoms with Crippen LogP contribution in [0.25, 0.3) is 10.1 Å². The van der Waals surface area contributed by atoms with Crippen LogP contribution in [-0.2, 0) is 25.8 Å². The highest BCUT2D eigenvalue weighted by Gasteiger charge is 2.32. The molecule has 254 valence electrons. The maximum Gasteiger partial charge on any atom is 0.430 e. The Kier molecular flexibility index (Phi) is 13.2. The number of hydrogen-bond acceptors (Lipinski definition) is 11. The van der Waals surface area contributed by atoms with E-state index >= 15 is 8.78 Å². The summed E-state index contributed by atoms with van der Waals surface area (Å²) in [7, 11) is -9.62. The fourth-order valence-electron chi connectivity index (χ4n) is 3.46. The molecule has 0 aliphatic rings. The lowest BCUT2D eigenvalue weighted by Crippen LogP contribution is -2.53. The molecule has 7 N–H and O–H groups in total. The molecule has 1 heterocycles. The molecule has 0 saturated carbocycles. The number of aliphatic carboxylic acids is 1. The molecule has 2 aromatic carbocycles. The Bertz CT molecular complexity index is 1780. The van der Waals surface area contributed by atoms with Crippen molar-refractivity contribution in [3.8, 4) is 23.3 Å². The summed E-state index contributed by atoms with van der Waals surface area (Å²) in [5.41, 5.74) is 6.72. The van der Waals surface area contributed by atoms with E-state index in [0.29, 0.717) is 17.4 Å². The highest BCUT2D eigenvalue weighted by Crippen LogP contribution is 2.47. The predicted molar refractivity (Wildman–Crippen MR) is 143 cm³/mol. The van der Waals surface area contributed by atoms with Crippen molar-refractivity contribution in [1.82, 2.24) is 4.72 Å². The van der Waals surface area contributed by atoms with E-state index in [9.17, 15) is 35.4 Å². The lowest BCUT2D eigenvalue weighted by molar-refractivity contribution is -0.372. The van der Waals surface area contributed by atoms with Gasteiger partial charge in [-0.1, -0.05) is 6.92 Å². The van der Waals surface area contributed by atoms with Crippen molar-refractivity contribution in [2.45, 2.75) is 23.7 Å². The summed E-state index contributed by atoms with van der Waals surface area (Å²) in [6.45, 7) is 1.84. The number of alkyl halides is 3. The van der Waals surface area contributed by atoms with Crippen molar-refractivity contribution in [3.05, 3.63) is 46.8 Å². The number of carboxylic acid groups (broad SMARTS) is 1. The highest BCUT2D eigenvalue weighted by atomic mass is 32.2. The van der Waals surface area contributed by atoms with Crippen LogP contribution in [0.4, 0.5) is 26.3 Å². The molecule has 3 rings (SSSR count). The molecule has 13 nitrogen and oxygen atoms in total. The smallest absolute Gasteiger partial charge is 0.430 e. The number of nitrogens with one attached hydrogen (secondary N) is 1. The molecule has 1 unspecified atom stereocenters. The zero-order chi connectivity index (χ0) is 35.0. The molecule has 1 atom stereocenters. The summed E-state index contributed by atoms with van der Waals surface area (Å²) < 4.78 is 131. The molecule has 3 aromatic rings.